The molecule has 1 heterocycles. The minimum atomic E-state index is -0.347. The number of benzene rings is 1. The summed E-state index contributed by atoms with van der Waals surface area (Å²) in [4.78, 5) is 26.4. The van der Waals surface area contributed by atoms with Crippen molar-refractivity contribution in [2.24, 2.45) is 11.8 Å². The molecule has 1 N–H and O–H groups in total. The Kier molecular flexibility index (Phi) is 8.55. The number of rotatable bonds is 11. The Hall–Kier alpha value is -2.50. The predicted octanol–water partition coefficient (Wildman–Crippen LogP) is 4.84. The molecule has 1 atom stereocenters. The second kappa shape index (κ2) is 10.9. The third kappa shape index (κ3) is 6.24. The number of urea groups is 1. The highest BCUT2D eigenvalue weighted by molar-refractivity contribution is 6.14. The number of amides is 3. The lowest BCUT2D eigenvalue weighted by atomic mass is 9.99. The molecule has 6 nitrogen and oxygen atoms in total. The van der Waals surface area contributed by atoms with E-state index >= 15 is 0 Å². The molecule has 1 saturated heterocycles. The van der Waals surface area contributed by atoms with Gasteiger partial charge in [0.1, 0.15) is 5.70 Å². The maximum atomic E-state index is 12.8. The maximum Gasteiger partial charge on any atom is 0.329 e. The van der Waals surface area contributed by atoms with E-state index in [1.54, 1.807) is 19.3 Å². The Morgan fingerprint density at radius 1 is 1.17 bits per heavy atom. The van der Waals surface area contributed by atoms with Crippen molar-refractivity contribution < 1.29 is 19.1 Å². The zero-order chi connectivity index (χ0) is 21.4. The molecule has 1 aromatic carbocycles. The maximum absolute atomic E-state index is 12.8. The summed E-state index contributed by atoms with van der Waals surface area (Å²) in [7, 11) is 1.58. The van der Waals surface area contributed by atoms with Gasteiger partial charge in [0.2, 0.25) is 0 Å². The molecule has 1 aliphatic rings. The lowest BCUT2D eigenvalue weighted by Gasteiger charge is -2.20. The van der Waals surface area contributed by atoms with Gasteiger partial charge in [-0.3, -0.25) is 9.69 Å². The summed E-state index contributed by atoms with van der Waals surface area (Å²) < 4.78 is 11.2. The molecule has 3 amide bonds. The molecule has 0 aliphatic carbocycles. The van der Waals surface area contributed by atoms with Gasteiger partial charge in [0.25, 0.3) is 5.91 Å². The molecule has 0 spiro atoms. The fraction of sp³-hybridized carbons (Fsp3) is 0.565. The van der Waals surface area contributed by atoms with E-state index in [1.807, 2.05) is 12.1 Å². The molecule has 1 fully saturated rings. The van der Waals surface area contributed by atoms with Crippen LogP contribution in [-0.2, 0) is 4.79 Å². The van der Waals surface area contributed by atoms with Crippen molar-refractivity contribution in [2.75, 3.05) is 20.3 Å². The third-order valence-corrected chi connectivity index (χ3v) is 5.02. The van der Waals surface area contributed by atoms with Crippen LogP contribution in [0.1, 0.15) is 58.9 Å². The molecular formula is C23H34N2O4. The first kappa shape index (κ1) is 22.8. The Balaban J connectivity index is 2.13. The van der Waals surface area contributed by atoms with Crippen molar-refractivity contribution in [3.63, 3.8) is 0 Å². The standard InChI is InChI=1S/C23H34N2O4/c1-6-8-9-17(7-2)14-25-22(26)19(24-23(25)27)12-18-10-11-20(21(13-18)28-5)29-15-16(3)4/h10-13,16-17H,6-9,14-15H2,1-5H3,(H,24,27). The van der Waals surface area contributed by atoms with Crippen LogP contribution >= 0.6 is 0 Å². The number of nitrogens with one attached hydrogen (secondary N) is 1. The van der Waals surface area contributed by atoms with Crippen molar-refractivity contribution in [1.29, 1.82) is 0 Å². The number of carbonyl (C=O) groups is 2. The van der Waals surface area contributed by atoms with Crippen LogP contribution in [0.3, 0.4) is 0 Å². The highest BCUT2D eigenvalue weighted by Gasteiger charge is 2.34. The second-order valence-corrected chi connectivity index (χ2v) is 7.94. The number of nitrogens with zero attached hydrogens (tertiary/aromatic N) is 1. The quantitative estimate of drug-likeness (QED) is 0.425. The number of ether oxygens (including phenoxy) is 2. The first-order chi connectivity index (χ1) is 13.9. The topological polar surface area (TPSA) is 67.9 Å². The van der Waals surface area contributed by atoms with E-state index in [-0.39, 0.29) is 11.9 Å². The predicted molar refractivity (Wildman–Crippen MR) is 115 cm³/mol. The molecule has 29 heavy (non-hydrogen) atoms. The number of methoxy groups -OCH3 is 1. The van der Waals surface area contributed by atoms with Crippen molar-refractivity contribution in [2.45, 2.75) is 53.4 Å². The SMILES string of the molecule is CCCCC(CC)CN1C(=O)NC(=Cc2ccc(OCC(C)C)c(OC)c2)C1=O. The van der Waals surface area contributed by atoms with E-state index in [2.05, 4.69) is 33.0 Å². The summed E-state index contributed by atoms with van der Waals surface area (Å²) >= 11 is 0. The summed E-state index contributed by atoms with van der Waals surface area (Å²) in [5.74, 6) is 1.72. The normalized spacial score (nSPS) is 16.5. The van der Waals surface area contributed by atoms with Gasteiger partial charge in [-0.15, -0.1) is 0 Å². The van der Waals surface area contributed by atoms with Crippen LogP contribution in [0.2, 0.25) is 0 Å². The molecule has 2 rings (SSSR count). The van der Waals surface area contributed by atoms with Crippen molar-refractivity contribution >= 4 is 18.0 Å². The van der Waals surface area contributed by atoms with E-state index < -0.39 is 0 Å². The third-order valence-electron chi connectivity index (χ3n) is 5.02. The highest BCUT2D eigenvalue weighted by Crippen LogP contribution is 2.30. The number of imide groups is 1. The molecule has 6 heteroatoms. The van der Waals surface area contributed by atoms with Crippen molar-refractivity contribution in [3.8, 4) is 11.5 Å². The van der Waals surface area contributed by atoms with Gasteiger partial charge >= 0.3 is 6.03 Å². The van der Waals surface area contributed by atoms with Gasteiger partial charge in [-0.25, -0.2) is 4.79 Å². The van der Waals surface area contributed by atoms with Crippen LogP contribution in [0.4, 0.5) is 4.79 Å². The van der Waals surface area contributed by atoms with Crippen LogP contribution in [-0.4, -0.2) is 37.1 Å². The highest BCUT2D eigenvalue weighted by atomic mass is 16.5. The molecule has 0 saturated carbocycles. The van der Waals surface area contributed by atoms with Crippen LogP contribution < -0.4 is 14.8 Å². The average molecular weight is 403 g/mol. The number of hydrogen-bond acceptors (Lipinski definition) is 4. The van der Waals surface area contributed by atoms with Crippen LogP contribution in [0.15, 0.2) is 23.9 Å². The zero-order valence-electron chi connectivity index (χ0n) is 18.3. The Morgan fingerprint density at radius 3 is 2.55 bits per heavy atom. The van der Waals surface area contributed by atoms with Crippen LogP contribution in [0, 0.1) is 11.8 Å². The summed E-state index contributed by atoms with van der Waals surface area (Å²) in [6.07, 6.45) is 5.88. The van der Waals surface area contributed by atoms with E-state index in [9.17, 15) is 9.59 Å². The van der Waals surface area contributed by atoms with Crippen LogP contribution in [0.5, 0.6) is 11.5 Å². The summed E-state index contributed by atoms with van der Waals surface area (Å²) in [5.41, 5.74) is 1.06. The van der Waals surface area contributed by atoms with Gasteiger partial charge in [-0.2, -0.15) is 0 Å². The van der Waals surface area contributed by atoms with Gasteiger partial charge in [0.05, 0.1) is 13.7 Å². The summed E-state index contributed by atoms with van der Waals surface area (Å²) in [5, 5.41) is 2.71. The largest absolute Gasteiger partial charge is 0.493 e. The first-order valence-corrected chi connectivity index (χ1v) is 10.5. The minimum Gasteiger partial charge on any atom is -0.493 e. The van der Waals surface area contributed by atoms with Crippen molar-refractivity contribution in [1.82, 2.24) is 10.2 Å². The molecule has 1 aromatic rings. The second-order valence-electron chi connectivity index (χ2n) is 7.94. The smallest absolute Gasteiger partial charge is 0.329 e. The van der Waals surface area contributed by atoms with Crippen molar-refractivity contribution in [3.05, 3.63) is 29.5 Å². The Labute approximate surface area is 174 Å². The van der Waals surface area contributed by atoms with Crippen LogP contribution in [0.25, 0.3) is 6.08 Å². The molecule has 0 radical (unpaired) electrons. The lowest BCUT2D eigenvalue weighted by molar-refractivity contribution is -0.123. The van der Waals surface area contributed by atoms with Gasteiger partial charge in [0, 0.05) is 6.54 Å². The summed E-state index contributed by atoms with van der Waals surface area (Å²) in [6, 6.07) is 5.13. The molecule has 0 bridgehead atoms. The van der Waals surface area contributed by atoms with E-state index in [1.165, 1.54) is 4.90 Å². The fourth-order valence-corrected chi connectivity index (χ4v) is 3.23. The van der Waals surface area contributed by atoms with E-state index in [4.69, 9.17) is 9.47 Å². The minimum absolute atomic E-state index is 0.274. The van der Waals surface area contributed by atoms with Gasteiger partial charge < -0.3 is 14.8 Å². The molecule has 0 aromatic heterocycles. The molecule has 1 aliphatic heterocycles. The van der Waals surface area contributed by atoms with Gasteiger partial charge in [0.15, 0.2) is 11.5 Å². The van der Waals surface area contributed by atoms with E-state index in [0.29, 0.717) is 42.2 Å². The average Bonchev–Trinajstić information content (AvgIpc) is 2.96. The molecule has 160 valence electrons. The molecule has 1 unspecified atom stereocenters. The van der Waals surface area contributed by atoms with E-state index in [0.717, 1.165) is 31.2 Å². The first-order valence-electron chi connectivity index (χ1n) is 10.5. The molecular weight excluding hydrogens is 368 g/mol. The zero-order valence-corrected chi connectivity index (χ0v) is 18.3. The Bertz CT molecular complexity index is 742. The monoisotopic (exact) mass is 402 g/mol. The number of carbonyl (C=O) groups excluding carboxylic acids is 2. The lowest BCUT2D eigenvalue weighted by Crippen LogP contribution is -2.35. The number of unbranched alkanes of at least 4 members (excludes halogenated alkanes) is 1. The Morgan fingerprint density at radius 2 is 1.93 bits per heavy atom. The fourth-order valence-electron chi connectivity index (χ4n) is 3.23. The summed E-state index contributed by atoms with van der Waals surface area (Å²) in [6.45, 7) is 9.47. The van der Waals surface area contributed by atoms with Gasteiger partial charge in [-0.05, 0) is 42.0 Å². The number of hydrogen-bond donors (Lipinski definition) is 1. The van der Waals surface area contributed by atoms with Gasteiger partial charge in [-0.1, -0.05) is 53.0 Å².